The average Bonchev–Trinajstić information content (AvgIpc) is 2.73. The zero-order chi connectivity index (χ0) is 24.4. The minimum Gasteiger partial charge on any atom is -0.322 e. The summed E-state index contributed by atoms with van der Waals surface area (Å²) in [7, 11) is -3.71. The van der Waals surface area contributed by atoms with Gasteiger partial charge in [-0.2, -0.15) is 13.2 Å². The SMILES string of the molecule is CS(=O)(=O)N(Cc1ccc(F)cc1)c1ccc(C(=O)Nc2ccc(Cl)c(C(F)(F)F)c2)cc1. The minimum absolute atomic E-state index is 0.0599. The first-order valence-corrected chi connectivity index (χ1v) is 11.6. The Labute approximate surface area is 192 Å². The molecule has 33 heavy (non-hydrogen) atoms. The maximum atomic E-state index is 13.1. The molecule has 0 radical (unpaired) electrons. The second kappa shape index (κ2) is 9.40. The van der Waals surface area contributed by atoms with E-state index in [0.717, 1.165) is 22.7 Å². The van der Waals surface area contributed by atoms with Crippen LogP contribution in [0.3, 0.4) is 0 Å². The van der Waals surface area contributed by atoms with Crippen LogP contribution in [0.1, 0.15) is 21.5 Å². The summed E-state index contributed by atoms with van der Waals surface area (Å²) >= 11 is 5.58. The quantitative estimate of drug-likeness (QED) is 0.440. The van der Waals surface area contributed by atoms with E-state index in [4.69, 9.17) is 11.6 Å². The molecule has 0 spiro atoms. The second-order valence-electron chi connectivity index (χ2n) is 7.09. The molecule has 174 valence electrons. The smallest absolute Gasteiger partial charge is 0.322 e. The van der Waals surface area contributed by atoms with E-state index >= 15 is 0 Å². The Morgan fingerprint density at radius 2 is 1.61 bits per heavy atom. The highest BCUT2D eigenvalue weighted by atomic mass is 35.5. The summed E-state index contributed by atoms with van der Waals surface area (Å²) in [6.07, 6.45) is -3.67. The molecule has 0 unspecified atom stereocenters. The van der Waals surface area contributed by atoms with Gasteiger partial charge in [0, 0.05) is 11.3 Å². The van der Waals surface area contributed by atoms with Crippen molar-refractivity contribution in [2.75, 3.05) is 15.9 Å². The number of nitrogens with one attached hydrogen (secondary N) is 1. The molecule has 5 nitrogen and oxygen atoms in total. The predicted octanol–water partition coefficient (Wildman–Crippen LogP) is 5.72. The van der Waals surface area contributed by atoms with Gasteiger partial charge in [-0.05, 0) is 60.2 Å². The van der Waals surface area contributed by atoms with Gasteiger partial charge in [0.1, 0.15) is 5.82 Å². The third kappa shape index (κ3) is 6.23. The van der Waals surface area contributed by atoms with E-state index in [1.165, 1.54) is 54.6 Å². The Bertz CT molecular complexity index is 1260. The first-order valence-electron chi connectivity index (χ1n) is 9.35. The van der Waals surface area contributed by atoms with Gasteiger partial charge in [0.05, 0.1) is 29.1 Å². The van der Waals surface area contributed by atoms with Crippen molar-refractivity contribution >= 4 is 38.9 Å². The van der Waals surface area contributed by atoms with Gasteiger partial charge in [-0.25, -0.2) is 12.8 Å². The standard InChI is InChI=1S/C22H17ClF4N2O3S/c1-33(31,32)29(13-14-2-6-16(24)7-3-14)18-9-4-15(5-10-18)21(30)28-17-8-11-20(23)19(12-17)22(25,26)27/h2-12H,13H2,1H3,(H,28,30). The highest BCUT2D eigenvalue weighted by Crippen LogP contribution is 2.36. The van der Waals surface area contributed by atoms with Crippen LogP contribution >= 0.6 is 11.6 Å². The maximum Gasteiger partial charge on any atom is 0.417 e. The molecule has 0 fully saturated rings. The monoisotopic (exact) mass is 500 g/mol. The van der Waals surface area contributed by atoms with Gasteiger partial charge in [-0.3, -0.25) is 9.10 Å². The lowest BCUT2D eigenvalue weighted by atomic mass is 10.1. The van der Waals surface area contributed by atoms with Crippen LogP contribution in [0.5, 0.6) is 0 Å². The number of alkyl halides is 3. The Morgan fingerprint density at radius 3 is 2.15 bits per heavy atom. The molecule has 0 saturated carbocycles. The molecular formula is C22H17ClF4N2O3S. The van der Waals surface area contributed by atoms with Crippen LogP contribution in [0.25, 0.3) is 0 Å². The molecule has 0 aliphatic rings. The summed E-state index contributed by atoms with van der Waals surface area (Å²) in [5.41, 5.74) is -0.287. The fraction of sp³-hybridized carbons (Fsp3) is 0.136. The number of nitrogens with zero attached hydrogens (tertiary/aromatic N) is 1. The molecule has 0 bridgehead atoms. The number of halogens is 5. The van der Waals surface area contributed by atoms with Crippen molar-refractivity contribution in [3.8, 4) is 0 Å². The predicted molar refractivity (Wildman–Crippen MR) is 118 cm³/mol. The molecule has 0 saturated heterocycles. The van der Waals surface area contributed by atoms with Crippen molar-refractivity contribution in [1.82, 2.24) is 0 Å². The van der Waals surface area contributed by atoms with Crippen molar-refractivity contribution in [1.29, 1.82) is 0 Å². The number of rotatable bonds is 6. The van der Waals surface area contributed by atoms with E-state index in [0.29, 0.717) is 5.56 Å². The maximum absolute atomic E-state index is 13.1. The lowest BCUT2D eigenvalue weighted by Crippen LogP contribution is -2.29. The molecule has 3 aromatic rings. The third-order valence-corrected chi connectivity index (χ3v) is 6.06. The van der Waals surface area contributed by atoms with Crippen molar-refractivity contribution < 1.29 is 30.8 Å². The molecule has 0 atom stereocenters. The number of benzene rings is 3. The van der Waals surface area contributed by atoms with Crippen molar-refractivity contribution in [3.63, 3.8) is 0 Å². The molecule has 3 rings (SSSR count). The van der Waals surface area contributed by atoms with E-state index < -0.39 is 38.5 Å². The van der Waals surface area contributed by atoms with E-state index in [-0.39, 0.29) is 23.5 Å². The summed E-state index contributed by atoms with van der Waals surface area (Å²) in [6.45, 7) is -0.0599. The van der Waals surface area contributed by atoms with E-state index in [1.807, 2.05) is 0 Å². The average molecular weight is 501 g/mol. The summed E-state index contributed by atoms with van der Waals surface area (Å²) < 4.78 is 77.8. The highest BCUT2D eigenvalue weighted by molar-refractivity contribution is 7.92. The second-order valence-corrected chi connectivity index (χ2v) is 9.40. The van der Waals surface area contributed by atoms with Gasteiger partial charge >= 0.3 is 6.18 Å². The Morgan fingerprint density at radius 1 is 1.00 bits per heavy atom. The van der Waals surface area contributed by atoms with E-state index in [2.05, 4.69) is 5.32 Å². The van der Waals surface area contributed by atoms with Crippen molar-refractivity contribution in [3.05, 3.63) is 94.3 Å². The lowest BCUT2D eigenvalue weighted by Gasteiger charge is -2.22. The Kier molecular flexibility index (Phi) is 6.99. The number of carbonyl (C=O) groups is 1. The van der Waals surface area contributed by atoms with Gasteiger partial charge in [-0.15, -0.1) is 0 Å². The van der Waals surface area contributed by atoms with Crippen LogP contribution in [0.4, 0.5) is 28.9 Å². The number of anilines is 2. The molecule has 1 amide bonds. The fourth-order valence-corrected chi connectivity index (χ4v) is 4.07. The van der Waals surface area contributed by atoms with Gasteiger partial charge in [0.15, 0.2) is 0 Å². The molecule has 3 aromatic carbocycles. The number of hydrogen-bond donors (Lipinski definition) is 1. The number of amides is 1. The topological polar surface area (TPSA) is 66.5 Å². The minimum atomic E-state index is -4.68. The number of carbonyl (C=O) groups excluding carboxylic acids is 1. The van der Waals surface area contributed by atoms with E-state index in [1.54, 1.807) is 0 Å². The van der Waals surface area contributed by atoms with Crippen LogP contribution in [-0.2, 0) is 22.7 Å². The lowest BCUT2D eigenvalue weighted by molar-refractivity contribution is -0.137. The van der Waals surface area contributed by atoms with Crippen LogP contribution in [0, 0.1) is 5.82 Å². The van der Waals surface area contributed by atoms with Crippen LogP contribution in [0.2, 0.25) is 5.02 Å². The summed E-state index contributed by atoms with van der Waals surface area (Å²) in [4.78, 5) is 12.5. The first-order chi connectivity index (χ1) is 15.3. The normalized spacial score (nSPS) is 11.8. The van der Waals surface area contributed by atoms with Gasteiger partial charge in [-0.1, -0.05) is 23.7 Å². The van der Waals surface area contributed by atoms with Crippen molar-refractivity contribution in [2.45, 2.75) is 12.7 Å². The summed E-state index contributed by atoms with van der Waals surface area (Å²) in [5.74, 6) is -1.15. The van der Waals surface area contributed by atoms with Crippen molar-refractivity contribution in [2.24, 2.45) is 0 Å². The number of sulfonamides is 1. The molecular weight excluding hydrogens is 484 g/mol. The highest BCUT2D eigenvalue weighted by Gasteiger charge is 2.33. The molecule has 11 heteroatoms. The van der Waals surface area contributed by atoms with E-state index in [9.17, 15) is 30.8 Å². The molecule has 0 aromatic heterocycles. The molecule has 1 N–H and O–H groups in total. The number of hydrogen-bond acceptors (Lipinski definition) is 3. The molecule has 0 aliphatic carbocycles. The first kappa shape index (κ1) is 24.5. The van der Waals surface area contributed by atoms with Gasteiger partial charge in [0.2, 0.25) is 10.0 Å². The largest absolute Gasteiger partial charge is 0.417 e. The van der Waals surface area contributed by atoms with Gasteiger partial charge in [0.25, 0.3) is 5.91 Å². The van der Waals surface area contributed by atoms with Crippen LogP contribution < -0.4 is 9.62 Å². The Balaban J connectivity index is 1.80. The zero-order valence-corrected chi connectivity index (χ0v) is 18.6. The third-order valence-electron chi connectivity index (χ3n) is 4.59. The van der Waals surface area contributed by atoms with Gasteiger partial charge < -0.3 is 5.32 Å². The molecule has 0 aliphatic heterocycles. The van der Waals surface area contributed by atoms with Crippen LogP contribution in [0.15, 0.2) is 66.7 Å². The fourth-order valence-electron chi connectivity index (χ4n) is 2.96. The summed E-state index contributed by atoms with van der Waals surface area (Å²) in [6, 6.07) is 13.8. The molecule has 0 heterocycles. The Hall–Kier alpha value is -3.11. The summed E-state index contributed by atoms with van der Waals surface area (Å²) in [5, 5.41) is 1.86. The zero-order valence-electron chi connectivity index (χ0n) is 17.0. The van der Waals surface area contributed by atoms with Crippen LogP contribution in [-0.4, -0.2) is 20.6 Å².